The van der Waals surface area contributed by atoms with Gasteiger partial charge in [0.05, 0.1) is 0 Å². The third-order valence-corrected chi connectivity index (χ3v) is 4.40. The molecule has 0 spiro atoms. The maximum atomic E-state index is 11.3. The lowest BCUT2D eigenvalue weighted by atomic mass is 9.83. The summed E-state index contributed by atoms with van der Waals surface area (Å²) < 4.78 is 0. The highest BCUT2D eigenvalue weighted by Crippen LogP contribution is 2.34. The lowest BCUT2D eigenvalue weighted by molar-refractivity contribution is -0.110. The smallest absolute Gasteiger partial charge is 0.127 e. The molecular formula is C14H18OS. The van der Waals surface area contributed by atoms with Gasteiger partial charge >= 0.3 is 0 Å². The monoisotopic (exact) mass is 234 g/mol. The second kappa shape index (κ2) is 5.53. The Morgan fingerprint density at radius 3 is 2.75 bits per heavy atom. The fraction of sp³-hybridized carbons (Fsp3) is 0.500. The van der Waals surface area contributed by atoms with Crippen LogP contribution in [0.1, 0.15) is 29.9 Å². The van der Waals surface area contributed by atoms with Crippen molar-refractivity contribution in [3.63, 3.8) is 0 Å². The standard InChI is InChI=1S/C14H18OS/c1-11-3-2-4-13(9-11)14(10-15)12-5-7-16-8-6-12/h2-4,9-10,12,14H,5-8H2,1H3. The van der Waals surface area contributed by atoms with Crippen molar-refractivity contribution >= 4 is 18.0 Å². The Labute approximate surface area is 102 Å². The molecule has 1 saturated heterocycles. The molecule has 0 N–H and O–H groups in total. The summed E-state index contributed by atoms with van der Waals surface area (Å²) in [7, 11) is 0. The molecule has 16 heavy (non-hydrogen) atoms. The van der Waals surface area contributed by atoms with Crippen molar-refractivity contribution in [3.8, 4) is 0 Å². The third-order valence-electron chi connectivity index (χ3n) is 3.35. The van der Waals surface area contributed by atoms with Gasteiger partial charge in [0, 0.05) is 5.92 Å². The molecule has 1 unspecified atom stereocenters. The molecule has 1 aromatic carbocycles. The molecular weight excluding hydrogens is 216 g/mol. The first-order chi connectivity index (χ1) is 7.81. The quantitative estimate of drug-likeness (QED) is 0.745. The van der Waals surface area contributed by atoms with E-state index in [-0.39, 0.29) is 5.92 Å². The molecule has 1 nitrogen and oxygen atoms in total. The SMILES string of the molecule is Cc1cccc(C(C=O)C2CCSCC2)c1. The van der Waals surface area contributed by atoms with E-state index < -0.39 is 0 Å². The number of hydrogen-bond acceptors (Lipinski definition) is 2. The van der Waals surface area contributed by atoms with Gasteiger partial charge in [0.25, 0.3) is 0 Å². The molecule has 0 aromatic heterocycles. The number of carbonyl (C=O) groups excluding carboxylic acids is 1. The van der Waals surface area contributed by atoms with Crippen LogP contribution in [0.2, 0.25) is 0 Å². The highest BCUT2D eigenvalue weighted by Gasteiger charge is 2.24. The van der Waals surface area contributed by atoms with Crippen molar-refractivity contribution < 1.29 is 4.79 Å². The largest absolute Gasteiger partial charge is 0.303 e. The number of aryl methyl sites for hydroxylation is 1. The van der Waals surface area contributed by atoms with E-state index in [1.54, 1.807) is 0 Å². The third kappa shape index (κ3) is 2.67. The second-order valence-electron chi connectivity index (χ2n) is 4.53. The Balaban J connectivity index is 2.17. The summed E-state index contributed by atoms with van der Waals surface area (Å²) in [5, 5.41) is 0. The predicted molar refractivity (Wildman–Crippen MR) is 70.0 cm³/mol. The Morgan fingerprint density at radius 1 is 1.38 bits per heavy atom. The number of rotatable bonds is 3. The zero-order valence-electron chi connectivity index (χ0n) is 9.69. The first-order valence-corrected chi connectivity index (χ1v) is 7.06. The Hall–Kier alpha value is -0.760. The molecule has 1 aliphatic heterocycles. The van der Waals surface area contributed by atoms with E-state index in [1.165, 1.54) is 35.5 Å². The van der Waals surface area contributed by atoms with Crippen LogP contribution in [0.3, 0.4) is 0 Å². The van der Waals surface area contributed by atoms with E-state index in [1.807, 2.05) is 11.8 Å². The molecule has 1 aliphatic rings. The molecule has 0 saturated carbocycles. The van der Waals surface area contributed by atoms with Crippen LogP contribution >= 0.6 is 11.8 Å². The average molecular weight is 234 g/mol. The maximum absolute atomic E-state index is 11.3. The average Bonchev–Trinajstić information content (AvgIpc) is 2.31. The van der Waals surface area contributed by atoms with Gasteiger partial charge in [0.2, 0.25) is 0 Å². The van der Waals surface area contributed by atoms with Crippen LogP contribution < -0.4 is 0 Å². The summed E-state index contributed by atoms with van der Waals surface area (Å²) in [6.07, 6.45) is 3.51. The molecule has 0 aliphatic carbocycles. The minimum absolute atomic E-state index is 0.112. The van der Waals surface area contributed by atoms with Crippen LogP contribution in [-0.4, -0.2) is 17.8 Å². The summed E-state index contributed by atoms with van der Waals surface area (Å²) >= 11 is 2.01. The van der Waals surface area contributed by atoms with E-state index in [0.29, 0.717) is 5.92 Å². The minimum Gasteiger partial charge on any atom is -0.303 e. The normalized spacial score (nSPS) is 19.3. The summed E-state index contributed by atoms with van der Waals surface area (Å²) in [6.45, 7) is 2.09. The van der Waals surface area contributed by atoms with E-state index >= 15 is 0 Å². The maximum Gasteiger partial charge on any atom is 0.127 e. The molecule has 0 bridgehead atoms. The fourth-order valence-corrected chi connectivity index (χ4v) is 3.56. The van der Waals surface area contributed by atoms with Crippen LogP contribution in [0.25, 0.3) is 0 Å². The van der Waals surface area contributed by atoms with Gasteiger partial charge in [-0.15, -0.1) is 0 Å². The van der Waals surface area contributed by atoms with Crippen LogP contribution in [0.15, 0.2) is 24.3 Å². The summed E-state index contributed by atoms with van der Waals surface area (Å²) in [6, 6.07) is 8.38. The topological polar surface area (TPSA) is 17.1 Å². The fourth-order valence-electron chi connectivity index (χ4n) is 2.41. The van der Waals surface area contributed by atoms with E-state index in [4.69, 9.17) is 0 Å². The number of thioether (sulfide) groups is 1. The second-order valence-corrected chi connectivity index (χ2v) is 5.75. The van der Waals surface area contributed by atoms with Gasteiger partial charge in [0.1, 0.15) is 6.29 Å². The van der Waals surface area contributed by atoms with Gasteiger partial charge in [-0.1, -0.05) is 29.8 Å². The minimum atomic E-state index is 0.112. The zero-order chi connectivity index (χ0) is 11.4. The molecule has 1 fully saturated rings. The Bertz CT molecular complexity index is 356. The van der Waals surface area contributed by atoms with Gasteiger partial charge in [-0.3, -0.25) is 0 Å². The van der Waals surface area contributed by atoms with Crippen LogP contribution in [0, 0.1) is 12.8 Å². The van der Waals surface area contributed by atoms with Crippen molar-refractivity contribution in [2.24, 2.45) is 5.92 Å². The number of carbonyl (C=O) groups is 1. The van der Waals surface area contributed by atoms with Gasteiger partial charge in [0.15, 0.2) is 0 Å². The zero-order valence-corrected chi connectivity index (χ0v) is 10.5. The predicted octanol–water partition coefficient (Wildman–Crippen LogP) is 3.42. The Morgan fingerprint density at radius 2 is 2.12 bits per heavy atom. The lowest BCUT2D eigenvalue weighted by Crippen LogP contribution is -2.19. The molecule has 86 valence electrons. The summed E-state index contributed by atoms with van der Waals surface area (Å²) in [4.78, 5) is 11.3. The molecule has 2 rings (SSSR count). The van der Waals surface area contributed by atoms with Crippen molar-refractivity contribution in [2.45, 2.75) is 25.7 Å². The summed E-state index contributed by atoms with van der Waals surface area (Å²) in [5.41, 5.74) is 2.45. The van der Waals surface area contributed by atoms with Gasteiger partial charge in [-0.05, 0) is 42.8 Å². The molecule has 0 radical (unpaired) electrons. The van der Waals surface area contributed by atoms with Crippen LogP contribution in [0.5, 0.6) is 0 Å². The van der Waals surface area contributed by atoms with Gasteiger partial charge in [-0.25, -0.2) is 0 Å². The highest BCUT2D eigenvalue weighted by atomic mass is 32.2. The number of aldehydes is 1. The Kier molecular flexibility index (Phi) is 4.05. The summed E-state index contributed by atoms with van der Waals surface area (Å²) in [5.74, 6) is 3.09. The van der Waals surface area contributed by atoms with E-state index in [0.717, 1.165) is 6.29 Å². The number of hydrogen-bond donors (Lipinski definition) is 0. The lowest BCUT2D eigenvalue weighted by Gasteiger charge is -2.26. The highest BCUT2D eigenvalue weighted by molar-refractivity contribution is 7.99. The molecule has 2 heteroatoms. The van der Waals surface area contributed by atoms with Gasteiger partial charge < -0.3 is 4.79 Å². The van der Waals surface area contributed by atoms with Crippen LogP contribution in [0.4, 0.5) is 0 Å². The molecule has 1 aromatic rings. The molecule has 1 atom stereocenters. The van der Waals surface area contributed by atoms with E-state index in [9.17, 15) is 4.79 Å². The first kappa shape index (κ1) is 11.7. The van der Waals surface area contributed by atoms with Gasteiger partial charge in [-0.2, -0.15) is 11.8 Å². The van der Waals surface area contributed by atoms with Crippen molar-refractivity contribution in [1.82, 2.24) is 0 Å². The van der Waals surface area contributed by atoms with Crippen molar-refractivity contribution in [2.75, 3.05) is 11.5 Å². The number of benzene rings is 1. The van der Waals surface area contributed by atoms with Crippen LogP contribution in [-0.2, 0) is 4.79 Å². The van der Waals surface area contributed by atoms with Crippen molar-refractivity contribution in [3.05, 3.63) is 35.4 Å². The molecule has 1 heterocycles. The first-order valence-electron chi connectivity index (χ1n) is 5.91. The van der Waals surface area contributed by atoms with Crippen molar-refractivity contribution in [1.29, 1.82) is 0 Å². The molecule has 0 amide bonds. The van der Waals surface area contributed by atoms with E-state index in [2.05, 4.69) is 31.2 Å².